The summed E-state index contributed by atoms with van der Waals surface area (Å²) >= 11 is -0.349. The standard InChI is InChI=1S/C4H10N2.2C3H7O2.CH3.Al.Na.H/c1-2-6-4-3-5-1;2*1-5-3-2-4;;;;/h5-6H,1-4H2;2*2-3H2,1H3;1H3;;;/q;3*-1;+3;+1;-1. The van der Waals surface area contributed by atoms with Crippen molar-refractivity contribution in [2.45, 2.75) is 0 Å². The first-order chi connectivity index (χ1) is 8.41. The molecule has 0 aliphatic carbocycles. The Morgan fingerprint density at radius 1 is 0.842 bits per heavy atom. The second kappa shape index (κ2) is 24.3. The van der Waals surface area contributed by atoms with E-state index in [0.29, 0.717) is 26.4 Å². The molecule has 0 aromatic carbocycles. The van der Waals surface area contributed by atoms with E-state index in [-0.39, 0.29) is 54.3 Å². The van der Waals surface area contributed by atoms with Crippen LogP contribution in [0.1, 0.15) is 1.43 Å². The smallest absolute Gasteiger partial charge is 1.00 e. The number of nitrogens with one attached hydrogen (secondary N) is 2. The Hall–Kier alpha value is 1.29. The third kappa shape index (κ3) is 24.7. The van der Waals surface area contributed by atoms with Crippen molar-refractivity contribution in [3.8, 4) is 0 Å². The van der Waals surface area contributed by atoms with Crippen molar-refractivity contribution < 1.29 is 48.0 Å². The van der Waals surface area contributed by atoms with Gasteiger partial charge in [-0.15, -0.1) is 0 Å². The van der Waals surface area contributed by atoms with Crippen LogP contribution in [-0.2, 0) is 17.1 Å². The van der Waals surface area contributed by atoms with Crippen LogP contribution in [-0.4, -0.2) is 82.7 Å². The molecule has 1 rings (SSSR count). The number of hydrogen-bond donors (Lipinski definition) is 2. The van der Waals surface area contributed by atoms with Gasteiger partial charge in [-0.25, -0.2) is 0 Å². The summed E-state index contributed by atoms with van der Waals surface area (Å²) in [5, 5.41) is 6.44. The summed E-state index contributed by atoms with van der Waals surface area (Å²) in [5.41, 5.74) is 0. The monoisotopic (exact) mass is 302 g/mol. The molecule has 1 saturated heterocycles. The van der Waals surface area contributed by atoms with Crippen molar-refractivity contribution in [3.63, 3.8) is 0 Å². The summed E-state index contributed by atoms with van der Waals surface area (Å²) in [6.07, 6.45) is 0. The molecule has 110 valence electrons. The molecule has 0 bridgehead atoms. The fourth-order valence-corrected chi connectivity index (χ4v) is 1.49. The summed E-state index contributed by atoms with van der Waals surface area (Å²) in [5.74, 6) is 0. The van der Waals surface area contributed by atoms with Crippen LogP contribution in [0.3, 0.4) is 0 Å². The Kier molecular flexibility index (Phi) is 32.3. The van der Waals surface area contributed by atoms with E-state index in [1.54, 1.807) is 14.2 Å². The van der Waals surface area contributed by atoms with Gasteiger partial charge in [0.05, 0.1) is 0 Å². The largest absolute Gasteiger partial charge is 1.00 e. The van der Waals surface area contributed by atoms with Crippen molar-refractivity contribution in [1.29, 1.82) is 0 Å². The van der Waals surface area contributed by atoms with Crippen LogP contribution in [0.4, 0.5) is 0 Å². The molecule has 1 heterocycles. The van der Waals surface area contributed by atoms with Crippen LogP contribution in [0.5, 0.6) is 0 Å². The number of rotatable bonds is 8. The summed E-state index contributed by atoms with van der Waals surface area (Å²) < 4.78 is 19.8. The second-order valence-electron chi connectivity index (χ2n) is 3.32. The molecule has 1 fully saturated rings. The van der Waals surface area contributed by atoms with Crippen molar-refractivity contribution >= 4 is 15.9 Å². The van der Waals surface area contributed by atoms with Crippen molar-refractivity contribution in [2.24, 2.45) is 0 Å². The Morgan fingerprint density at radius 2 is 1.21 bits per heavy atom. The van der Waals surface area contributed by atoms with Gasteiger partial charge in [-0.2, -0.15) is 0 Å². The van der Waals surface area contributed by atoms with Crippen LogP contribution in [0.2, 0.25) is 0 Å². The zero-order valence-corrected chi connectivity index (χ0v) is 16.0. The molecule has 0 aromatic heterocycles. The van der Waals surface area contributed by atoms with Gasteiger partial charge in [0.2, 0.25) is 0 Å². The normalized spacial score (nSPS) is 13.2. The van der Waals surface area contributed by atoms with Crippen LogP contribution in [0, 0.1) is 7.43 Å². The van der Waals surface area contributed by atoms with Crippen molar-refractivity contribution in [2.75, 3.05) is 66.8 Å². The predicted octanol–water partition coefficient (Wildman–Crippen LogP) is -3.41. The van der Waals surface area contributed by atoms with E-state index in [1.807, 2.05) is 0 Å². The Balaban J connectivity index is -0.000000123. The maximum absolute atomic E-state index is 5.10. The first-order valence-electron chi connectivity index (χ1n) is 5.86. The van der Waals surface area contributed by atoms with Gasteiger partial charge in [0.1, 0.15) is 0 Å². The van der Waals surface area contributed by atoms with E-state index >= 15 is 0 Å². The minimum absolute atomic E-state index is 0. The van der Waals surface area contributed by atoms with E-state index in [0.717, 1.165) is 26.2 Å². The predicted molar refractivity (Wildman–Crippen MR) is 74.7 cm³/mol. The van der Waals surface area contributed by atoms with Gasteiger partial charge < -0.3 is 19.5 Å². The third-order valence-electron chi connectivity index (χ3n) is 1.90. The SMILES string of the molecule is C1CNCCN1.COCC[O][Al+][O]CCOC.[CH3-].[H-].[Na+]. The Labute approximate surface area is 148 Å². The number of hydrogen-bond acceptors (Lipinski definition) is 6. The van der Waals surface area contributed by atoms with Gasteiger partial charge in [-0.1, -0.05) is 0 Å². The summed E-state index contributed by atoms with van der Waals surface area (Å²) in [4.78, 5) is 0. The van der Waals surface area contributed by atoms with Gasteiger partial charge in [0.15, 0.2) is 0 Å². The van der Waals surface area contributed by atoms with Gasteiger partial charge in [0, 0.05) is 26.2 Å². The van der Waals surface area contributed by atoms with E-state index in [1.165, 1.54) is 0 Å². The molecule has 19 heavy (non-hydrogen) atoms. The second-order valence-corrected chi connectivity index (χ2v) is 4.18. The van der Waals surface area contributed by atoms with E-state index < -0.39 is 0 Å². The average Bonchev–Trinajstić information content (AvgIpc) is 2.41. The molecule has 0 amide bonds. The first-order valence-corrected chi connectivity index (χ1v) is 6.80. The number of ether oxygens (including phenoxy) is 2. The topological polar surface area (TPSA) is 61.0 Å². The molecule has 0 atom stereocenters. The van der Waals surface area contributed by atoms with E-state index in [9.17, 15) is 0 Å². The fourth-order valence-electron chi connectivity index (χ4n) is 1.01. The Bertz CT molecular complexity index is 132. The molecule has 8 heteroatoms. The quantitative estimate of drug-likeness (QED) is 0.277. The van der Waals surface area contributed by atoms with Gasteiger partial charge in [0.25, 0.3) is 0 Å². The zero-order valence-electron chi connectivity index (χ0n) is 13.9. The van der Waals surface area contributed by atoms with Crippen molar-refractivity contribution in [3.05, 3.63) is 7.43 Å². The van der Waals surface area contributed by atoms with Gasteiger partial charge >= 0.3 is 103 Å². The first kappa shape index (κ1) is 25.3. The van der Waals surface area contributed by atoms with Crippen LogP contribution < -0.4 is 40.2 Å². The van der Waals surface area contributed by atoms with Crippen LogP contribution in [0.25, 0.3) is 0 Å². The molecular formula is C11H28AlN2NaO4. The summed E-state index contributed by atoms with van der Waals surface area (Å²) in [7, 11) is 3.29. The molecule has 2 N–H and O–H groups in total. The molecule has 1 aliphatic heterocycles. The Morgan fingerprint density at radius 3 is 1.47 bits per heavy atom. The zero-order chi connectivity index (χ0) is 12.6. The van der Waals surface area contributed by atoms with Gasteiger partial charge in [-0.05, 0) is 0 Å². The number of methoxy groups -OCH3 is 2. The van der Waals surface area contributed by atoms with E-state index in [2.05, 4.69) is 10.6 Å². The van der Waals surface area contributed by atoms with E-state index in [4.69, 9.17) is 17.1 Å². The molecule has 0 aromatic rings. The molecule has 0 spiro atoms. The minimum atomic E-state index is -0.349. The molecule has 6 nitrogen and oxygen atoms in total. The summed E-state index contributed by atoms with van der Waals surface area (Å²) in [6, 6.07) is 0. The van der Waals surface area contributed by atoms with Crippen LogP contribution >= 0.6 is 0 Å². The minimum Gasteiger partial charge on any atom is -1.00 e. The third-order valence-corrected chi connectivity index (χ3v) is 2.65. The maximum atomic E-state index is 5.10. The molecule has 0 unspecified atom stereocenters. The summed E-state index contributed by atoms with van der Waals surface area (Å²) in [6.45, 7) is 7.03. The molecule has 0 radical (unpaired) electrons. The average molecular weight is 302 g/mol. The van der Waals surface area contributed by atoms with Gasteiger partial charge in [-0.3, -0.25) is 0 Å². The fraction of sp³-hybridized carbons (Fsp3) is 0.909. The molecule has 1 aliphatic rings. The van der Waals surface area contributed by atoms with Crippen LogP contribution in [0.15, 0.2) is 0 Å². The number of piperazine rings is 1. The maximum Gasteiger partial charge on any atom is 1.00 e. The van der Waals surface area contributed by atoms with Crippen molar-refractivity contribution in [1.82, 2.24) is 10.6 Å². The molecular weight excluding hydrogens is 274 g/mol. The molecule has 0 saturated carbocycles.